The first-order chi connectivity index (χ1) is 9.63. The number of halogens is 1. The fourth-order valence-electron chi connectivity index (χ4n) is 1.54. The Labute approximate surface area is 120 Å². The molecule has 0 aromatic heterocycles. The predicted molar refractivity (Wildman–Crippen MR) is 70.9 cm³/mol. The van der Waals surface area contributed by atoms with Gasteiger partial charge in [-0.2, -0.15) is 0 Å². The van der Waals surface area contributed by atoms with Gasteiger partial charge in [0, 0.05) is 4.91 Å². The minimum atomic E-state index is -1.38. The summed E-state index contributed by atoms with van der Waals surface area (Å²) in [7, 11) is 1.14. The van der Waals surface area contributed by atoms with Crippen LogP contribution in [0.15, 0.2) is 35.4 Å². The molecule has 20 heavy (non-hydrogen) atoms. The van der Waals surface area contributed by atoms with E-state index in [2.05, 4.69) is 14.8 Å². The molecule has 0 aliphatic heterocycles. The number of esters is 2. The van der Waals surface area contributed by atoms with Gasteiger partial charge in [0.25, 0.3) is 0 Å². The number of carbonyl (C=O) groups excluding carboxylic acids is 2. The lowest BCUT2D eigenvalue weighted by molar-refractivity contribution is -0.166. The summed E-state index contributed by atoms with van der Waals surface area (Å²) in [5.74, 6) is -2.06. The smallest absolute Gasteiger partial charge is 0.347 e. The highest BCUT2D eigenvalue weighted by Crippen LogP contribution is 2.25. The van der Waals surface area contributed by atoms with E-state index < -0.39 is 30.0 Å². The number of hydrogen-bond acceptors (Lipinski definition) is 5. The minimum absolute atomic E-state index is 0.425. The summed E-state index contributed by atoms with van der Waals surface area (Å²) < 4.78 is 9.48. The van der Waals surface area contributed by atoms with Gasteiger partial charge < -0.3 is 9.47 Å². The molecule has 1 aromatic carbocycles. The van der Waals surface area contributed by atoms with Crippen molar-refractivity contribution in [2.45, 2.75) is 12.1 Å². The van der Waals surface area contributed by atoms with Crippen molar-refractivity contribution >= 4 is 23.5 Å². The quantitative estimate of drug-likeness (QED) is 0.264. The predicted octanol–water partition coefficient (Wildman–Crippen LogP) is 2.36. The first-order valence-corrected chi connectivity index (χ1v) is 6.10. The summed E-state index contributed by atoms with van der Waals surface area (Å²) in [5.41, 5.74) is 9.15. The van der Waals surface area contributed by atoms with Gasteiger partial charge in [0.15, 0.2) is 0 Å². The summed E-state index contributed by atoms with van der Waals surface area (Å²) in [6.45, 7) is 0. The highest BCUT2D eigenvalue weighted by molar-refractivity contribution is 6.26. The van der Waals surface area contributed by atoms with Crippen LogP contribution in [0.25, 0.3) is 10.4 Å². The van der Waals surface area contributed by atoms with Crippen LogP contribution in [-0.2, 0) is 19.1 Å². The van der Waals surface area contributed by atoms with Crippen molar-refractivity contribution in [1.82, 2.24) is 0 Å². The average molecular weight is 298 g/mol. The topological polar surface area (TPSA) is 101 Å². The Bertz CT molecular complexity index is 517. The maximum absolute atomic E-state index is 11.7. The van der Waals surface area contributed by atoms with Crippen molar-refractivity contribution < 1.29 is 19.1 Å². The molecule has 0 saturated carbocycles. The molecule has 106 valence electrons. The highest BCUT2D eigenvalue weighted by Gasteiger charge is 2.33. The molecule has 0 radical (unpaired) electrons. The van der Waals surface area contributed by atoms with Crippen LogP contribution in [0.5, 0.6) is 0 Å². The normalized spacial score (nSPS) is 12.7. The Balaban J connectivity index is 3.14. The van der Waals surface area contributed by atoms with Crippen LogP contribution in [0.2, 0.25) is 0 Å². The molecule has 0 aliphatic rings. The second-order valence-electron chi connectivity index (χ2n) is 3.63. The molecule has 0 heterocycles. The first kappa shape index (κ1) is 15.8. The van der Waals surface area contributed by atoms with E-state index in [4.69, 9.17) is 21.9 Å². The van der Waals surface area contributed by atoms with Crippen LogP contribution in [-0.4, -0.2) is 31.0 Å². The molecular weight excluding hydrogens is 286 g/mol. The third-order valence-corrected chi connectivity index (χ3v) is 2.62. The summed E-state index contributed by atoms with van der Waals surface area (Å²) in [4.78, 5) is 25.7. The first-order valence-electron chi connectivity index (χ1n) is 5.56. The largest absolute Gasteiger partial charge is 0.466 e. The molecule has 0 aliphatic carbocycles. The number of rotatable bonds is 6. The fourth-order valence-corrected chi connectivity index (χ4v) is 1.60. The summed E-state index contributed by atoms with van der Waals surface area (Å²) >= 11 is 5.34. The third kappa shape index (κ3) is 4.15. The Morgan fingerprint density at radius 2 is 2.05 bits per heavy atom. The number of nitrogens with zero attached hydrogens (tertiary/aromatic N) is 3. The Morgan fingerprint density at radius 1 is 1.40 bits per heavy atom. The second-order valence-corrected chi connectivity index (χ2v) is 3.89. The standard InChI is InChI=1S/C12H12ClN3O4/c1-19-12(18)11(20-9(17)7-13)10(15-16-14)8-5-3-2-4-6-8/h2-6,10-11H,7H2,1H3/t10-,11-/m1/s1. The molecule has 0 saturated heterocycles. The number of methoxy groups -OCH3 is 1. The number of ether oxygens (including phenoxy) is 2. The molecule has 0 N–H and O–H groups in total. The van der Waals surface area contributed by atoms with Gasteiger partial charge >= 0.3 is 11.9 Å². The lowest BCUT2D eigenvalue weighted by Gasteiger charge is -2.21. The molecule has 8 heteroatoms. The van der Waals surface area contributed by atoms with Crippen LogP contribution in [0.3, 0.4) is 0 Å². The molecule has 0 fully saturated rings. The minimum Gasteiger partial charge on any atom is -0.466 e. The maximum atomic E-state index is 11.7. The van der Waals surface area contributed by atoms with Crippen LogP contribution in [0.1, 0.15) is 11.6 Å². The number of carbonyl (C=O) groups is 2. The van der Waals surface area contributed by atoms with Crippen LogP contribution < -0.4 is 0 Å². The van der Waals surface area contributed by atoms with E-state index in [-0.39, 0.29) is 0 Å². The molecule has 2 atom stereocenters. The van der Waals surface area contributed by atoms with E-state index in [1.807, 2.05) is 0 Å². The van der Waals surface area contributed by atoms with E-state index in [1.165, 1.54) is 0 Å². The number of hydrogen-bond donors (Lipinski definition) is 0. The highest BCUT2D eigenvalue weighted by atomic mass is 35.5. The van der Waals surface area contributed by atoms with Crippen LogP contribution in [0, 0.1) is 0 Å². The van der Waals surface area contributed by atoms with Crippen molar-refractivity contribution in [3.05, 3.63) is 46.3 Å². The fraction of sp³-hybridized carbons (Fsp3) is 0.333. The van der Waals surface area contributed by atoms with Gasteiger partial charge in [-0.1, -0.05) is 35.4 Å². The monoisotopic (exact) mass is 297 g/mol. The van der Waals surface area contributed by atoms with E-state index in [0.717, 1.165) is 7.11 Å². The molecule has 0 unspecified atom stereocenters. The van der Waals surface area contributed by atoms with E-state index in [0.29, 0.717) is 5.56 Å². The zero-order valence-electron chi connectivity index (χ0n) is 10.6. The number of azide groups is 1. The summed E-state index contributed by atoms with van der Waals surface area (Å²) in [6, 6.07) is 7.42. The molecule has 0 bridgehead atoms. The third-order valence-electron chi connectivity index (χ3n) is 2.40. The van der Waals surface area contributed by atoms with Gasteiger partial charge in [-0.15, -0.1) is 11.6 Å². The summed E-state index contributed by atoms with van der Waals surface area (Å²) in [5, 5.41) is 3.51. The molecule has 7 nitrogen and oxygen atoms in total. The molecule has 0 spiro atoms. The van der Waals surface area contributed by atoms with Gasteiger partial charge in [-0.25, -0.2) is 4.79 Å². The Kier molecular flexibility index (Phi) is 6.36. The number of benzene rings is 1. The average Bonchev–Trinajstić information content (AvgIpc) is 2.50. The van der Waals surface area contributed by atoms with Crippen molar-refractivity contribution in [3.63, 3.8) is 0 Å². The van der Waals surface area contributed by atoms with Crippen molar-refractivity contribution in [2.75, 3.05) is 13.0 Å². The lowest BCUT2D eigenvalue weighted by Crippen LogP contribution is -2.34. The Hall–Kier alpha value is -2.24. The van der Waals surface area contributed by atoms with E-state index in [9.17, 15) is 9.59 Å². The van der Waals surface area contributed by atoms with Gasteiger partial charge in [0.05, 0.1) is 7.11 Å². The van der Waals surface area contributed by atoms with Crippen LogP contribution >= 0.6 is 11.6 Å². The van der Waals surface area contributed by atoms with Gasteiger partial charge in [0.2, 0.25) is 6.10 Å². The molecule has 1 rings (SSSR count). The molecule has 0 amide bonds. The van der Waals surface area contributed by atoms with Gasteiger partial charge in [-0.05, 0) is 11.1 Å². The molecule has 1 aromatic rings. The van der Waals surface area contributed by atoms with Crippen molar-refractivity contribution in [1.29, 1.82) is 0 Å². The van der Waals surface area contributed by atoms with Crippen LogP contribution in [0.4, 0.5) is 0 Å². The van der Waals surface area contributed by atoms with Gasteiger partial charge in [0.1, 0.15) is 11.9 Å². The second kappa shape index (κ2) is 8.04. The molecular formula is C12H12ClN3O4. The number of alkyl halides is 1. The zero-order chi connectivity index (χ0) is 15.0. The Morgan fingerprint density at radius 3 is 2.55 bits per heavy atom. The van der Waals surface area contributed by atoms with Crippen molar-refractivity contribution in [3.8, 4) is 0 Å². The van der Waals surface area contributed by atoms with Gasteiger partial charge in [-0.3, -0.25) is 4.79 Å². The maximum Gasteiger partial charge on any atom is 0.347 e. The zero-order valence-corrected chi connectivity index (χ0v) is 11.4. The SMILES string of the molecule is COC(=O)[C@H](OC(=O)CCl)[C@H](N=[N+]=[N-])c1ccccc1. The van der Waals surface area contributed by atoms with E-state index >= 15 is 0 Å². The van der Waals surface area contributed by atoms with Crippen molar-refractivity contribution in [2.24, 2.45) is 5.11 Å². The lowest BCUT2D eigenvalue weighted by atomic mass is 10.0. The summed E-state index contributed by atoms with van der Waals surface area (Å²) in [6.07, 6.45) is -1.38. The van der Waals surface area contributed by atoms with E-state index in [1.54, 1.807) is 30.3 Å².